The SMILES string of the molecule is COC(=O)C1=C(CN2C3COCC34CC(C(O)C(=O)OC)CC24)NC(c2nccs2)=N[C@H]1c1ccc(F)cc1Cl. The van der Waals surface area contributed by atoms with Crippen LogP contribution in [0.15, 0.2) is 46.0 Å². The third kappa shape index (κ3) is 4.33. The normalized spacial score (nSPS) is 30.1. The van der Waals surface area contributed by atoms with Gasteiger partial charge in [0.25, 0.3) is 0 Å². The Labute approximate surface area is 238 Å². The quantitative estimate of drug-likeness (QED) is 0.468. The van der Waals surface area contributed by atoms with Crippen molar-refractivity contribution in [3.63, 3.8) is 0 Å². The van der Waals surface area contributed by atoms with Crippen molar-refractivity contribution in [2.75, 3.05) is 34.0 Å². The molecule has 2 saturated heterocycles. The van der Waals surface area contributed by atoms with Gasteiger partial charge in [-0.25, -0.2) is 19.0 Å². The Morgan fingerprint density at radius 3 is 2.88 bits per heavy atom. The molecular formula is C27H28ClFN4O6S. The number of hydrogen-bond donors (Lipinski definition) is 2. The lowest BCUT2D eigenvalue weighted by atomic mass is 9.68. The number of aliphatic hydroxyl groups excluding tert-OH is 1. The van der Waals surface area contributed by atoms with Gasteiger partial charge in [0.2, 0.25) is 0 Å². The van der Waals surface area contributed by atoms with Crippen LogP contribution in [0.4, 0.5) is 4.39 Å². The molecule has 10 nitrogen and oxygen atoms in total. The number of hydrogen-bond acceptors (Lipinski definition) is 11. The number of nitrogens with zero attached hydrogens (tertiary/aromatic N) is 3. The fourth-order valence-electron chi connectivity index (χ4n) is 6.82. The molecule has 6 atom stereocenters. The van der Waals surface area contributed by atoms with E-state index in [0.717, 1.165) is 0 Å². The van der Waals surface area contributed by atoms with Crippen LogP contribution in [0.1, 0.15) is 29.5 Å². The first kappa shape index (κ1) is 27.3. The average Bonchev–Trinajstić information content (AvgIpc) is 3.69. The van der Waals surface area contributed by atoms with Gasteiger partial charge >= 0.3 is 11.9 Å². The number of carbonyl (C=O) groups is 2. The van der Waals surface area contributed by atoms with Gasteiger partial charge in [-0.05, 0) is 30.9 Å². The summed E-state index contributed by atoms with van der Waals surface area (Å²) in [7, 11) is 2.56. The Balaban J connectivity index is 1.38. The van der Waals surface area contributed by atoms with Gasteiger partial charge in [-0.1, -0.05) is 17.7 Å². The second kappa shape index (κ2) is 10.5. The summed E-state index contributed by atoms with van der Waals surface area (Å²) < 4.78 is 29.8. The van der Waals surface area contributed by atoms with Crippen LogP contribution in [0.2, 0.25) is 5.02 Å². The molecule has 0 amide bonds. The predicted octanol–water partition coefficient (Wildman–Crippen LogP) is 2.47. The number of likely N-dealkylation sites (tertiary alicyclic amines) is 1. The smallest absolute Gasteiger partial charge is 0.338 e. The number of methoxy groups -OCH3 is 2. The number of aliphatic hydroxyl groups is 1. The van der Waals surface area contributed by atoms with Crippen LogP contribution < -0.4 is 5.32 Å². The number of amidine groups is 1. The van der Waals surface area contributed by atoms with Gasteiger partial charge in [0, 0.05) is 51.9 Å². The van der Waals surface area contributed by atoms with Gasteiger partial charge in [0.05, 0.1) is 33.0 Å². The summed E-state index contributed by atoms with van der Waals surface area (Å²) in [6.45, 7) is 1.36. The molecule has 13 heteroatoms. The van der Waals surface area contributed by atoms with Gasteiger partial charge in [-0.15, -0.1) is 11.3 Å². The lowest BCUT2D eigenvalue weighted by molar-refractivity contribution is -0.153. The van der Waals surface area contributed by atoms with E-state index in [9.17, 15) is 19.1 Å². The lowest BCUT2D eigenvalue weighted by Crippen LogP contribution is -2.69. The Kier molecular flexibility index (Phi) is 7.16. The van der Waals surface area contributed by atoms with E-state index in [1.54, 1.807) is 6.20 Å². The first-order chi connectivity index (χ1) is 19.3. The third-order valence-corrected chi connectivity index (χ3v) is 9.70. The Bertz CT molecular complexity index is 1400. The summed E-state index contributed by atoms with van der Waals surface area (Å²) in [6, 6.07) is 3.19. The van der Waals surface area contributed by atoms with Crippen LogP contribution in [0.3, 0.4) is 0 Å². The van der Waals surface area contributed by atoms with Gasteiger partial charge in [-0.3, -0.25) is 9.89 Å². The number of benzene rings is 1. The van der Waals surface area contributed by atoms with Crippen molar-refractivity contribution < 1.29 is 33.3 Å². The highest BCUT2D eigenvalue weighted by atomic mass is 35.5. The lowest BCUT2D eigenvalue weighted by Gasteiger charge is -2.57. The van der Waals surface area contributed by atoms with Crippen molar-refractivity contribution in [1.82, 2.24) is 15.2 Å². The summed E-state index contributed by atoms with van der Waals surface area (Å²) in [6.07, 6.45) is 1.68. The largest absolute Gasteiger partial charge is 0.467 e. The Hall–Kier alpha value is -2.90. The molecule has 3 fully saturated rings. The first-order valence-corrected chi connectivity index (χ1v) is 14.1. The highest BCUT2D eigenvalue weighted by Crippen LogP contribution is 2.60. The van der Waals surface area contributed by atoms with Crippen molar-refractivity contribution >= 4 is 40.7 Å². The topological polar surface area (TPSA) is 123 Å². The van der Waals surface area contributed by atoms with E-state index in [0.29, 0.717) is 54.7 Å². The summed E-state index contributed by atoms with van der Waals surface area (Å²) in [4.78, 5) is 36.8. The number of rotatable bonds is 7. The molecule has 4 aliphatic rings. The van der Waals surface area contributed by atoms with Crippen LogP contribution in [-0.2, 0) is 23.8 Å². The number of nitrogens with one attached hydrogen (secondary N) is 1. The van der Waals surface area contributed by atoms with Crippen molar-refractivity contribution in [3.8, 4) is 0 Å². The van der Waals surface area contributed by atoms with Gasteiger partial charge in [0.15, 0.2) is 16.9 Å². The summed E-state index contributed by atoms with van der Waals surface area (Å²) in [5, 5.41) is 16.5. The second-order valence-electron chi connectivity index (χ2n) is 10.5. The van der Waals surface area contributed by atoms with Gasteiger partial charge in [-0.2, -0.15) is 0 Å². The van der Waals surface area contributed by atoms with Crippen LogP contribution in [0.25, 0.3) is 0 Å². The zero-order valence-electron chi connectivity index (χ0n) is 21.8. The van der Waals surface area contributed by atoms with Gasteiger partial charge in [0.1, 0.15) is 11.9 Å². The number of halogens is 2. The highest BCUT2D eigenvalue weighted by molar-refractivity contribution is 7.11. The molecule has 2 aromatic rings. The number of aromatic nitrogens is 1. The van der Waals surface area contributed by atoms with E-state index in [1.165, 1.54) is 43.8 Å². The Morgan fingerprint density at radius 1 is 1.35 bits per heavy atom. The maximum absolute atomic E-state index is 13.9. The average molecular weight is 591 g/mol. The highest BCUT2D eigenvalue weighted by Gasteiger charge is 2.68. The van der Waals surface area contributed by atoms with Crippen LogP contribution >= 0.6 is 22.9 Å². The molecule has 1 spiro atoms. The molecule has 0 radical (unpaired) electrons. The third-order valence-electron chi connectivity index (χ3n) is 8.60. The minimum absolute atomic E-state index is 0.0209. The second-order valence-corrected chi connectivity index (χ2v) is 11.8. The van der Waals surface area contributed by atoms with E-state index >= 15 is 0 Å². The van der Waals surface area contributed by atoms with Gasteiger partial charge < -0.3 is 24.6 Å². The standard InChI is InChI=1S/C27H28ClFN4O6S/c1-37-25(35)20-17(10-33-18-7-13(22(34)26(36)38-2)9-27(18)12-39-11-19(27)33)31-23(24-30-5-6-40-24)32-21(20)15-4-3-14(29)8-16(15)28/h3-6,8,13,18-19,21-22,34H,7,9-12H2,1-2H3,(H,31,32)/t13?,18?,19?,21-,22?,27?/m0/s1. The van der Waals surface area contributed by atoms with E-state index in [-0.39, 0.29) is 34.0 Å². The molecule has 1 aromatic heterocycles. The zero-order valence-corrected chi connectivity index (χ0v) is 23.4. The zero-order chi connectivity index (χ0) is 28.2. The van der Waals surface area contributed by atoms with E-state index in [4.69, 9.17) is 30.8 Å². The van der Waals surface area contributed by atoms with Crippen LogP contribution in [-0.4, -0.2) is 84.9 Å². The van der Waals surface area contributed by atoms with E-state index < -0.39 is 29.9 Å². The molecule has 6 rings (SSSR count). The molecule has 4 heterocycles. The molecule has 1 aliphatic carbocycles. The molecule has 212 valence electrons. The van der Waals surface area contributed by atoms with Crippen LogP contribution in [0.5, 0.6) is 0 Å². The first-order valence-electron chi connectivity index (χ1n) is 12.9. The number of thiazole rings is 1. The Morgan fingerprint density at radius 2 is 2.17 bits per heavy atom. The van der Waals surface area contributed by atoms with Crippen molar-refractivity contribution in [2.24, 2.45) is 16.3 Å². The minimum atomic E-state index is -1.21. The summed E-state index contributed by atoms with van der Waals surface area (Å²) >= 11 is 7.85. The molecule has 2 N–H and O–H groups in total. The molecule has 1 saturated carbocycles. The predicted molar refractivity (Wildman–Crippen MR) is 143 cm³/mol. The van der Waals surface area contributed by atoms with Crippen molar-refractivity contribution in [2.45, 2.75) is 37.1 Å². The number of aliphatic imine (C=N–C) groups is 1. The number of carbonyl (C=O) groups excluding carboxylic acids is 2. The number of ether oxygens (including phenoxy) is 3. The maximum Gasteiger partial charge on any atom is 0.338 e. The summed E-state index contributed by atoms with van der Waals surface area (Å²) in [5.74, 6) is -1.53. The minimum Gasteiger partial charge on any atom is -0.467 e. The monoisotopic (exact) mass is 590 g/mol. The molecule has 1 aromatic carbocycles. The van der Waals surface area contributed by atoms with E-state index in [1.807, 2.05) is 5.38 Å². The maximum atomic E-state index is 13.9. The van der Waals surface area contributed by atoms with Crippen molar-refractivity contribution in [1.29, 1.82) is 0 Å². The van der Waals surface area contributed by atoms with E-state index in [2.05, 4.69) is 15.2 Å². The van der Waals surface area contributed by atoms with Crippen molar-refractivity contribution in [3.05, 3.63) is 62.5 Å². The fraction of sp³-hybridized carbons (Fsp3) is 0.481. The fourth-order valence-corrected chi connectivity index (χ4v) is 7.67. The summed E-state index contributed by atoms with van der Waals surface area (Å²) in [5.41, 5.74) is 1.10. The molecule has 3 aliphatic heterocycles. The van der Waals surface area contributed by atoms with Crippen LogP contribution in [0, 0.1) is 17.2 Å². The molecular weight excluding hydrogens is 563 g/mol. The molecule has 0 bridgehead atoms. The molecule has 40 heavy (non-hydrogen) atoms. The molecule has 5 unspecified atom stereocenters. The number of esters is 2.